The second-order valence-corrected chi connectivity index (χ2v) is 7.51. The second kappa shape index (κ2) is 8.51. The first-order valence-electron chi connectivity index (χ1n) is 9.96. The molecular weight excluding hydrogens is 451 g/mol. The lowest BCUT2D eigenvalue weighted by atomic mass is 9.95. The second-order valence-electron chi connectivity index (χ2n) is 7.51. The van der Waals surface area contributed by atoms with Gasteiger partial charge in [-0.15, -0.1) is 0 Å². The Morgan fingerprint density at radius 2 is 1.35 bits per heavy atom. The van der Waals surface area contributed by atoms with Gasteiger partial charge in [-0.05, 0) is 42.0 Å². The minimum Gasteiger partial charge on any atom is -0.507 e. The van der Waals surface area contributed by atoms with E-state index in [0.29, 0.717) is 5.56 Å². The Hall–Kier alpha value is -4.40. The number of aromatic carboxylic acids is 1. The molecule has 0 spiro atoms. The molecule has 1 aliphatic rings. The highest BCUT2D eigenvalue weighted by Crippen LogP contribution is 2.42. The van der Waals surface area contributed by atoms with Crippen molar-refractivity contribution in [3.8, 4) is 0 Å². The zero-order valence-corrected chi connectivity index (χ0v) is 17.3. The number of carboxylic acids is 1. The summed E-state index contributed by atoms with van der Waals surface area (Å²) >= 11 is 0. The first kappa shape index (κ1) is 22.8. The molecule has 1 aliphatic heterocycles. The Labute approximate surface area is 191 Å². The van der Waals surface area contributed by atoms with E-state index < -0.39 is 41.2 Å². The topological polar surface area (TPSA) is 94.9 Å². The number of aliphatic hydroxyl groups excluding tert-OH is 1. The summed E-state index contributed by atoms with van der Waals surface area (Å²) in [5.74, 6) is -3.74. The molecule has 0 aromatic heterocycles. The van der Waals surface area contributed by atoms with Crippen LogP contribution in [0.5, 0.6) is 0 Å². The van der Waals surface area contributed by atoms with E-state index in [1.807, 2.05) is 0 Å². The number of rotatable bonds is 4. The van der Waals surface area contributed by atoms with Gasteiger partial charge in [-0.3, -0.25) is 14.5 Å². The third-order valence-corrected chi connectivity index (χ3v) is 5.44. The summed E-state index contributed by atoms with van der Waals surface area (Å²) in [5, 5.41) is 20.0. The number of nitrogens with zero attached hydrogens (tertiary/aromatic N) is 1. The maximum Gasteiger partial charge on any atom is 0.416 e. The highest BCUT2D eigenvalue weighted by atomic mass is 19.4. The van der Waals surface area contributed by atoms with E-state index in [1.54, 1.807) is 30.3 Å². The zero-order valence-electron chi connectivity index (χ0n) is 17.3. The van der Waals surface area contributed by atoms with Crippen molar-refractivity contribution in [2.45, 2.75) is 12.2 Å². The monoisotopic (exact) mass is 467 g/mol. The van der Waals surface area contributed by atoms with Crippen LogP contribution >= 0.6 is 0 Å². The quantitative estimate of drug-likeness (QED) is 0.319. The Balaban J connectivity index is 1.87. The zero-order chi connectivity index (χ0) is 24.6. The Bertz CT molecular complexity index is 1300. The number of halogens is 3. The van der Waals surface area contributed by atoms with E-state index in [-0.39, 0.29) is 22.4 Å². The van der Waals surface area contributed by atoms with Crippen molar-refractivity contribution < 1.29 is 37.8 Å². The van der Waals surface area contributed by atoms with Crippen LogP contribution in [-0.4, -0.2) is 27.9 Å². The molecule has 6 nitrogen and oxygen atoms in total. The van der Waals surface area contributed by atoms with E-state index >= 15 is 0 Å². The molecule has 0 saturated carbocycles. The summed E-state index contributed by atoms with van der Waals surface area (Å²) in [4.78, 5) is 38.1. The van der Waals surface area contributed by atoms with E-state index in [9.17, 15) is 32.7 Å². The molecule has 1 amide bonds. The first-order chi connectivity index (χ1) is 16.1. The van der Waals surface area contributed by atoms with Crippen molar-refractivity contribution in [3.05, 3.63) is 107 Å². The lowest BCUT2D eigenvalue weighted by Crippen LogP contribution is -2.29. The van der Waals surface area contributed by atoms with E-state index in [0.717, 1.165) is 29.2 Å². The number of Topliss-reactive ketones (excluding diaryl/α,β-unsaturated/α-hetero) is 1. The highest BCUT2D eigenvalue weighted by molar-refractivity contribution is 6.51. The fraction of sp³-hybridized carbons (Fsp3) is 0.0800. The summed E-state index contributed by atoms with van der Waals surface area (Å²) in [7, 11) is 0. The SMILES string of the molecule is O=C1C(=O)N(c2ccc(C(F)(F)F)cc2)C(c2ccccc2)C1=C(O)c1ccc(C(=O)O)cc1. The molecule has 0 radical (unpaired) electrons. The number of carboxylic acid groups (broad SMARTS) is 1. The molecule has 0 aliphatic carbocycles. The summed E-state index contributed by atoms with van der Waals surface area (Å²) in [6.45, 7) is 0. The van der Waals surface area contributed by atoms with E-state index in [4.69, 9.17) is 5.11 Å². The summed E-state index contributed by atoms with van der Waals surface area (Å²) in [6, 6.07) is 16.0. The summed E-state index contributed by atoms with van der Waals surface area (Å²) in [6.07, 6.45) is -4.58. The van der Waals surface area contributed by atoms with Gasteiger partial charge in [0, 0.05) is 11.3 Å². The third-order valence-electron chi connectivity index (χ3n) is 5.44. The van der Waals surface area contributed by atoms with Gasteiger partial charge in [0.2, 0.25) is 0 Å². The molecule has 1 atom stereocenters. The van der Waals surface area contributed by atoms with Crippen molar-refractivity contribution >= 4 is 29.1 Å². The Morgan fingerprint density at radius 3 is 1.88 bits per heavy atom. The standard InChI is InChI=1S/C25H16F3NO5/c26-25(27,28)17-10-12-18(13-11-17)29-20(14-4-2-1-3-5-14)19(22(31)23(29)32)21(30)15-6-8-16(9-7-15)24(33)34/h1-13,20,30H,(H,33,34). The van der Waals surface area contributed by atoms with Crippen LogP contribution in [0.15, 0.2) is 84.4 Å². The molecule has 172 valence electrons. The first-order valence-corrected chi connectivity index (χ1v) is 9.96. The number of hydrogen-bond donors (Lipinski definition) is 2. The minimum absolute atomic E-state index is 0.0404. The molecule has 3 aromatic carbocycles. The van der Waals surface area contributed by atoms with Crippen LogP contribution < -0.4 is 4.90 Å². The van der Waals surface area contributed by atoms with Crippen LogP contribution in [0.4, 0.5) is 18.9 Å². The smallest absolute Gasteiger partial charge is 0.416 e. The lowest BCUT2D eigenvalue weighted by Gasteiger charge is -2.25. The van der Waals surface area contributed by atoms with Gasteiger partial charge in [0.05, 0.1) is 22.7 Å². The molecule has 1 unspecified atom stereocenters. The summed E-state index contributed by atoms with van der Waals surface area (Å²) < 4.78 is 39.0. The van der Waals surface area contributed by atoms with Crippen LogP contribution in [0.2, 0.25) is 0 Å². The normalized spacial score (nSPS) is 17.7. The molecular formula is C25H16F3NO5. The maximum atomic E-state index is 13.0. The molecule has 1 heterocycles. The van der Waals surface area contributed by atoms with Gasteiger partial charge in [-0.25, -0.2) is 4.79 Å². The van der Waals surface area contributed by atoms with Crippen LogP contribution in [0.3, 0.4) is 0 Å². The number of anilines is 1. The molecule has 1 fully saturated rings. The van der Waals surface area contributed by atoms with Gasteiger partial charge < -0.3 is 10.2 Å². The molecule has 3 aromatic rings. The molecule has 4 rings (SSSR count). The van der Waals surface area contributed by atoms with Crippen LogP contribution in [0.1, 0.15) is 33.1 Å². The number of carbonyl (C=O) groups excluding carboxylic acids is 2. The van der Waals surface area contributed by atoms with Crippen molar-refractivity contribution in [1.82, 2.24) is 0 Å². The van der Waals surface area contributed by atoms with Gasteiger partial charge in [0.1, 0.15) is 5.76 Å². The van der Waals surface area contributed by atoms with Crippen molar-refractivity contribution in [2.24, 2.45) is 0 Å². The van der Waals surface area contributed by atoms with Crippen LogP contribution in [-0.2, 0) is 15.8 Å². The van der Waals surface area contributed by atoms with Gasteiger partial charge in [-0.1, -0.05) is 42.5 Å². The van der Waals surface area contributed by atoms with Crippen molar-refractivity contribution in [3.63, 3.8) is 0 Å². The number of aliphatic hydroxyl groups is 1. The highest BCUT2D eigenvalue weighted by Gasteiger charge is 2.47. The minimum atomic E-state index is -4.58. The molecule has 2 N–H and O–H groups in total. The Kier molecular flexibility index (Phi) is 5.70. The number of hydrogen-bond acceptors (Lipinski definition) is 4. The maximum absolute atomic E-state index is 13.0. The van der Waals surface area contributed by atoms with Gasteiger partial charge in [0.15, 0.2) is 0 Å². The predicted octanol–water partition coefficient (Wildman–Crippen LogP) is 5.03. The predicted molar refractivity (Wildman–Crippen MR) is 116 cm³/mol. The Morgan fingerprint density at radius 1 is 0.794 bits per heavy atom. The molecule has 1 saturated heterocycles. The number of ketones is 1. The van der Waals surface area contributed by atoms with E-state index in [2.05, 4.69) is 0 Å². The molecule has 34 heavy (non-hydrogen) atoms. The van der Waals surface area contributed by atoms with Gasteiger partial charge >= 0.3 is 12.1 Å². The molecule has 0 bridgehead atoms. The van der Waals surface area contributed by atoms with Crippen molar-refractivity contribution in [1.29, 1.82) is 0 Å². The number of carbonyl (C=O) groups is 3. The van der Waals surface area contributed by atoms with Gasteiger partial charge in [-0.2, -0.15) is 13.2 Å². The average molecular weight is 467 g/mol. The van der Waals surface area contributed by atoms with Crippen LogP contribution in [0.25, 0.3) is 5.76 Å². The third kappa shape index (κ3) is 4.03. The van der Waals surface area contributed by atoms with Gasteiger partial charge in [0.25, 0.3) is 11.7 Å². The number of alkyl halides is 3. The van der Waals surface area contributed by atoms with Crippen LogP contribution in [0, 0.1) is 0 Å². The lowest BCUT2D eigenvalue weighted by molar-refractivity contribution is -0.137. The van der Waals surface area contributed by atoms with E-state index in [1.165, 1.54) is 24.3 Å². The molecule has 9 heteroatoms. The summed E-state index contributed by atoms with van der Waals surface area (Å²) in [5.41, 5.74) is -0.617. The number of amides is 1. The fourth-order valence-electron chi connectivity index (χ4n) is 3.79. The average Bonchev–Trinajstić information content (AvgIpc) is 3.09. The number of benzene rings is 3. The van der Waals surface area contributed by atoms with Crippen molar-refractivity contribution in [2.75, 3.05) is 4.90 Å². The largest absolute Gasteiger partial charge is 0.507 e. The fourth-order valence-corrected chi connectivity index (χ4v) is 3.79.